The molecule has 0 unspecified atom stereocenters. The standard InChI is InChI=1S/C15H24N2O/c1-14(2,3)11-7-9-12(10-8-11)17(6)13(18)15(4,5)16/h7-10H,16H2,1-6H3. The molecule has 0 fully saturated rings. The van der Waals surface area contributed by atoms with E-state index in [4.69, 9.17) is 5.73 Å². The van der Waals surface area contributed by atoms with Crippen LogP contribution in [0.15, 0.2) is 24.3 Å². The average molecular weight is 248 g/mol. The molecule has 1 amide bonds. The predicted molar refractivity (Wildman–Crippen MR) is 76.8 cm³/mol. The van der Waals surface area contributed by atoms with Crippen LogP contribution in [0, 0.1) is 0 Å². The minimum atomic E-state index is -0.850. The molecule has 18 heavy (non-hydrogen) atoms. The third-order valence-electron chi connectivity index (χ3n) is 2.98. The van der Waals surface area contributed by atoms with Crippen LogP contribution in [0.5, 0.6) is 0 Å². The van der Waals surface area contributed by atoms with Crippen molar-refractivity contribution in [2.24, 2.45) is 5.73 Å². The molecule has 0 aliphatic carbocycles. The van der Waals surface area contributed by atoms with Crippen LogP contribution in [0.4, 0.5) is 5.69 Å². The maximum atomic E-state index is 12.0. The van der Waals surface area contributed by atoms with Crippen LogP contribution >= 0.6 is 0 Å². The molecule has 0 heterocycles. The molecule has 0 radical (unpaired) electrons. The van der Waals surface area contributed by atoms with Gasteiger partial charge in [-0.05, 0) is 37.0 Å². The van der Waals surface area contributed by atoms with E-state index in [9.17, 15) is 4.79 Å². The topological polar surface area (TPSA) is 46.3 Å². The molecule has 0 saturated heterocycles. The summed E-state index contributed by atoms with van der Waals surface area (Å²) >= 11 is 0. The SMILES string of the molecule is CN(C(=O)C(C)(C)N)c1ccc(C(C)(C)C)cc1. The first-order valence-electron chi connectivity index (χ1n) is 6.21. The molecule has 0 saturated carbocycles. The molecule has 0 aromatic heterocycles. The minimum Gasteiger partial charge on any atom is -0.318 e. The van der Waals surface area contributed by atoms with Gasteiger partial charge in [-0.1, -0.05) is 32.9 Å². The van der Waals surface area contributed by atoms with E-state index in [2.05, 4.69) is 32.9 Å². The fourth-order valence-corrected chi connectivity index (χ4v) is 1.73. The molecular weight excluding hydrogens is 224 g/mol. The monoisotopic (exact) mass is 248 g/mol. The van der Waals surface area contributed by atoms with E-state index in [0.29, 0.717) is 0 Å². The van der Waals surface area contributed by atoms with Crippen molar-refractivity contribution in [1.29, 1.82) is 0 Å². The molecule has 0 atom stereocenters. The van der Waals surface area contributed by atoms with Crippen molar-refractivity contribution >= 4 is 11.6 Å². The van der Waals surface area contributed by atoms with Crippen molar-refractivity contribution in [3.8, 4) is 0 Å². The van der Waals surface area contributed by atoms with Crippen molar-refractivity contribution in [2.45, 2.75) is 45.6 Å². The molecule has 100 valence electrons. The summed E-state index contributed by atoms with van der Waals surface area (Å²) < 4.78 is 0. The molecule has 0 aliphatic heterocycles. The van der Waals surface area contributed by atoms with E-state index >= 15 is 0 Å². The summed E-state index contributed by atoms with van der Waals surface area (Å²) in [5, 5.41) is 0. The molecule has 1 rings (SSSR count). The Balaban J connectivity index is 2.96. The van der Waals surface area contributed by atoms with Crippen molar-refractivity contribution in [3.63, 3.8) is 0 Å². The Morgan fingerprint density at radius 2 is 1.50 bits per heavy atom. The predicted octanol–water partition coefficient (Wildman–Crippen LogP) is 2.68. The summed E-state index contributed by atoms with van der Waals surface area (Å²) in [6.07, 6.45) is 0. The lowest BCUT2D eigenvalue weighted by molar-refractivity contribution is -0.122. The van der Waals surface area contributed by atoms with E-state index in [0.717, 1.165) is 5.69 Å². The van der Waals surface area contributed by atoms with Gasteiger partial charge in [-0.15, -0.1) is 0 Å². The highest BCUT2D eigenvalue weighted by Gasteiger charge is 2.26. The summed E-state index contributed by atoms with van der Waals surface area (Å²) in [6.45, 7) is 9.93. The van der Waals surface area contributed by atoms with Gasteiger partial charge in [0.05, 0.1) is 5.54 Å². The Morgan fingerprint density at radius 3 is 1.83 bits per heavy atom. The highest BCUT2D eigenvalue weighted by Crippen LogP contribution is 2.25. The molecule has 0 bridgehead atoms. The second-order valence-electron chi connectivity index (χ2n) is 6.38. The molecule has 1 aromatic rings. The average Bonchev–Trinajstić information content (AvgIpc) is 2.25. The lowest BCUT2D eigenvalue weighted by Crippen LogP contribution is -2.49. The van der Waals surface area contributed by atoms with Crippen molar-refractivity contribution in [2.75, 3.05) is 11.9 Å². The Morgan fingerprint density at radius 1 is 1.06 bits per heavy atom. The quantitative estimate of drug-likeness (QED) is 0.874. The second kappa shape index (κ2) is 4.73. The van der Waals surface area contributed by atoms with Crippen molar-refractivity contribution < 1.29 is 4.79 Å². The van der Waals surface area contributed by atoms with E-state index < -0.39 is 5.54 Å². The molecule has 0 spiro atoms. The molecular formula is C15H24N2O. The summed E-state index contributed by atoms with van der Waals surface area (Å²) in [5.74, 6) is -0.0917. The van der Waals surface area contributed by atoms with Crippen molar-refractivity contribution in [3.05, 3.63) is 29.8 Å². The zero-order valence-corrected chi connectivity index (χ0v) is 12.2. The lowest BCUT2D eigenvalue weighted by atomic mass is 9.87. The number of hydrogen-bond acceptors (Lipinski definition) is 2. The van der Waals surface area contributed by atoms with E-state index in [1.54, 1.807) is 25.8 Å². The van der Waals surface area contributed by atoms with Crippen LogP contribution in [-0.2, 0) is 10.2 Å². The van der Waals surface area contributed by atoms with Gasteiger partial charge in [0.25, 0.3) is 0 Å². The number of carbonyl (C=O) groups is 1. The first kappa shape index (κ1) is 14.7. The van der Waals surface area contributed by atoms with Crippen LogP contribution in [0.2, 0.25) is 0 Å². The molecule has 3 heteroatoms. The summed E-state index contributed by atoms with van der Waals surface area (Å²) in [5.41, 5.74) is 7.21. The number of carbonyl (C=O) groups excluding carboxylic acids is 1. The van der Waals surface area contributed by atoms with Crippen LogP contribution < -0.4 is 10.6 Å². The number of rotatable bonds is 2. The number of likely N-dealkylation sites (N-methyl/N-ethyl adjacent to an activating group) is 1. The summed E-state index contributed by atoms with van der Waals surface area (Å²) in [7, 11) is 1.75. The maximum Gasteiger partial charge on any atom is 0.246 e. The molecule has 1 aromatic carbocycles. The van der Waals surface area contributed by atoms with E-state index in [-0.39, 0.29) is 11.3 Å². The zero-order valence-electron chi connectivity index (χ0n) is 12.2. The number of benzene rings is 1. The first-order valence-corrected chi connectivity index (χ1v) is 6.21. The van der Waals surface area contributed by atoms with E-state index in [1.807, 2.05) is 12.1 Å². The highest BCUT2D eigenvalue weighted by atomic mass is 16.2. The number of hydrogen-bond donors (Lipinski definition) is 1. The zero-order chi connectivity index (χ0) is 14.1. The smallest absolute Gasteiger partial charge is 0.246 e. The van der Waals surface area contributed by atoms with Gasteiger partial charge in [-0.3, -0.25) is 4.79 Å². The fourth-order valence-electron chi connectivity index (χ4n) is 1.73. The van der Waals surface area contributed by atoms with Gasteiger partial charge >= 0.3 is 0 Å². The maximum absolute atomic E-state index is 12.0. The number of amides is 1. The fraction of sp³-hybridized carbons (Fsp3) is 0.533. The Hall–Kier alpha value is -1.35. The van der Waals surface area contributed by atoms with Gasteiger partial charge in [0.2, 0.25) is 5.91 Å². The van der Waals surface area contributed by atoms with Crippen LogP contribution in [0.3, 0.4) is 0 Å². The molecule has 2 N–H and O–H groups in total. The number of nitrogens with two attached hydrogens (primary N) is 1. The third-order valence-corrected chi connectivity index (χ3v) is 2.98. The molecule has 3 nitrogen and oxygen atoms in total. The van der Waals surface area contributed by atoms with Gasteiger partial charge in [-0.2, -0.15) is 0 Å². The van der Waals surface area contributed by atoms with Gasteiger partial charge in [0, 0.05) is 12.7 Å². The van der Waals surface area contributed by atoms with Crippen LogP contribution in [0.25, 0.3) is 0 Å². The van der Waals surface area contributed by atoms with Crippen LogP contribution in [0.1, 0.15) is 40.2 Å². The third kappa shape index (κ3) is 3.33. The second-order valence-corrected chi connectivity index (χ2v) is 6.38. The van der Waals surface area contributed by atoms with Gasteiger partial charge in [0.1, 0.15) is 0 Å². The number of anilines is 1. The Bertz CT molecular complexity index is 421. The van der Waals surface area contributed by atoms with Gasteiger partial charge < -0.3 is 10.6 Å². The summed E-state index contributed by atoms with van der Waals surface area (Å²) in [4.78, 5) is 13.7. The highest BCUT2D eigenvalue weighted by molar-refractivity contribution is 5.99. The van der Waals surface area contributed by atoms with Gasteiger partial charge in [0.15, 0.2) is 0 Å². The first-order chi connectivity index (χ1) is 8.03. The Labute approximate surface area is 110 Å². The normalized spacial score (nSPS) is 12.4. The largest absolute Gasteiger partial charge is 0.318 e. The minimum absolute atomic E-state index is 0.0917. The Kier molecular flexibility index (Phi) is 3.86. The molecule has 0 aliphatic rings. The number of nitrogens with zero attached hydrogens (tertiary/aromatic N) is 1. The lowest BCUT2D eigenvalue weighted by Gasteiger charge is -2.27. The summed E-state index contributed by atoms with van der Waals surface area (Å²) in [6, 6.07) is 8.04. The van der Waals surface area contributed by atoms with Crippen molar-refractivity contribution in [1.82, 2.24) is 0 Å². The van der Waals surface area contributed by atoms with Gasteiger partial charge in [-0.25, -0.2) is 0 Å². The van der Waals surface area contributed by atoms with Crippen LogP contribution in [-0.4, -0.2) is 18.5 Å². The van der Waals surface area contributed by atoms with E-state index in [1.165, 1.54) is 5.56 Å².